The third-order valence-corrected chi connectivity index (χ3v) is 2.78. The number of thiocarbonyl (C=S) groups is 1. The molecule has 0 spiro atoms. The van der Waals surface area contributed by atoms with Gasteiger partial charge in [0, 0.05) is 42.2 Å². The van der Waals surface area contributed by atoms with Crippen LogP contribution in [0.25, 0.3) is 0 Å². The Bertz CT molecular complexity index is 631. The average Bonchev–Trinajstić information content (AvgIpc) is 2.34. The summed E-state index contributed by atoms with van der Waals surface area (Å²) in [5.74, 6) is -0.413. The van der Waals surface area contributed by atoms with Crippen LogP contribution in [-0.4, -0.2) is 9.56 Å². The van der Waals surface area contributed by atoms with Gasteiger partial charge < -0.3 is 10.3 Å². The number of nitrogens with zero attached hydrogens (tertiary/aromatic N) is 1. The fourth-order valence-corrected chi connectivity index (χ4v) is 1.80. The number of hydrogen-bond acceptors (Lipinski definition) is 2. The van der Waals surface area contributed by atoms with E-state index < -0.39 is 5.82 Å². The molecular weight excluding hydrogens is 251 g/mol. The summed E-state index contributed by atoms with van der Waals surface area (Å²) in [6.07, 6.45) is 3.21. The second kappa shape index (κ2) is 5.10. The summed E-state index contributed by atoms with van der Waals surface area (Å²) in [4.78, 5) is 11.0. The molecule has 1 aromatic heterocycles. The van der Waals surface area contributed by atoms with Crippen molar-refractivity contribution >= 4 is 17.2 Å². The Morgan fingerprint density at radius 3 is 2.56 bits per heavy atom. The van der Waals surface area contributed by atoms with Gasteiger partial charge in [0.25, 0.3) is 0 Å². The molecule has 0 unspecified atom stereocenters. The lowest BCUT2D eigenvalue weighted by atomic mass is 10.1. The second-order valence-electron chi connectivity index (χ2n) is 3.85. The molecule has 2 N–H and O–H groups in total. The lowest BCUT2D eigenvalue weighted by Crippen LogP contribution is -2.14. The van der Waals surface area contributed by atoms with Crippen molar-refractivity contribution in [1.82, 2.24) is 4.57 Å². The number of rotatable bonds is 3. The number of pyridine rings is 1. The zero-order valence-electron chi connectivity index (χ0n) is 9.47. The highest BCUT2D eigenvalue weighted by Crippen LogP contribution is 2.14. The van der Waals surface area contributed by atoms with Crippen LogP contribution in [0.1, 0.15) is 11.1 Å². The molecule has 0 aliphatic heterocycles. The van der Waals surface area contributed by atoms with Gasteiger partial charge in [0.15, 0.2) is 5.43 Å². The van der Waals surface area contributed by atoms with Crippen molar-refractivity contribution in [1.29, 1.82) is 0 Å². The number of hydrogen-bond donors (Lipinski definition) is 1. The minimum Gasteiger partial charge on any atom is -0.389 e. The van der Waals surface area contributed by atoms with Crippen LogP contribution in [0.2, 0.25) is 0 Å². The second-order valence-corrected chi connectivity index (χ2v) is 4.29. The smallest absolute Gasteiger partial charge is 0.181 e. The summed E-state index contributed by atoms with van der Waals surface area (Å²) >= 11 is 4.78. The Kier molecular flexibility index (Phi) is 3.53. The molecular formula is C13H11FN2OS. The SMILES string of the molecule is NC(=S)c1cccc(Cn2ccc(=O)cc2)c1F. The van der Waals surface area contributed by atoms with Gasteiger partial charge >= 0.3 is 0 Å². The lowest BCUT2D eigenvalue weighted by Gasteiger charge is -2.09. The van der Waals surface area contributed by atoms with Crippen molar-refractivity contribution in [2.24, 2.45) is 5.73 Å². The van der Waals surface area contributed by atoms with E-state index in [2.05, 4.69) is 0 Å². The fourth-order valence-electron chi connectivity index (χ4n) is 1.64. The Balaban J connectivity index is 2.35. The third-order valence-electron chi connectivity index (χ3n) is 2.56. The molecule has 1 aromatic carbocycles. The van der Waals surface area contributed by atoms with Crippen molar-refractivity contribution in [3.8, 4) is 0 Å². The maximum atomic E-state index is 14.0. The summed E-state index contributed by atoms with van der Waals surface area (Å²) < 4.78 is 15.8. The van der Waals surface area contributed by atoms with E-state index in [9.17, 15) is 9.18 Å². The molecule has 0 atom stereocenters. The van der Waals surface area contributed by atoms with Gasteiger partial charge in [-0.15, -0.1) is 0 Å². The van der Waals surface area contributed by atoms with Crippen LogP contribution in [0, 0.1) is 5.82 Å². The molecule has 1 heterocycles. The highest BCUT2D eigenvalue weighted by atomic mass is 32.1. The van der Waals surface area contributed by atoms with E-state index in [1.165, 1.54) is 12.1 Å². The minimum atomic E-state index is -0.413. The van der Waals surface area contributed by atoms with Gasteiger partial charge in [-0.25, -0.2) is 4.39 Å². The fraction of sp³-hybridized carbons (Fsp3) is 0.0769. The van der Waals surface area contributed by atoms with E-state index in [1.807, 2.05) is 0 Å². The highest BCUT2D eigenvalue weighted by molar-refractivity contribution is 7.80. The van der Waals surface area contributed by atoms with Crippen LogP contribution in [0.4, 0.5) is 4.39 Å². The van der Waals surface area contributed by atoms with Crippen molar-refractivity contribution in [3.05, 3.63) is 69.9 Å². The lowest BCUT2D eigenvalue weighted by molar-refractivity contribution is 0.597. The number of halogens is 1. The Hall–Kier alpha value is -2.01. The molecule has 0 aliphatic rings. The molecule has 2 aromatic rings. The zero-order chi connectivity index (χ0) is 13.1. The molecule has 3 nitrogen and oxygen atoms in total. The number of nitrogens with two attached hydrogens (primary N) is 1. The van der Waals surface area contributed by atoms with Gasteiger partial charge in [-0.1, -0.05) is 24.4 Å². The monoisotopic (exact) mass is 262 g/mol. The first-order chi connectivity index (χ1) is 8.58. The van der Waals surface area contributed by atoms with Crippen LogP contribution in [0.5, 0.6) is 0 Å². The van der Waals surface area contributed by atoms with Gasteiger partial charge in [-0.05, 0) is 6.07 Å². The minimum absolute atomic E-state index is 0.0363. The average molecular weight is 262 g/mol. The summed E-state index contributed by atoms with van der Waals surface area (Å²) in [5.41, 5.74) is 6.08. The van der Waals surface area contributed by atoms with Gasteiger partial charge in [0.2, 0.25) is 0 Å². The molecule has 0 fully saturated rings. The normalized spacial score (nSPS) is 10.3. The predicted octanol–water partition coefficient (Wildman–Crippen LogP) is 1.67. The molecule has 0 radical (unpaired) electrons. The van der Waals surface area contributed by atoms with Gasteiger partial charge in [-0.3, -0.25) is 4.79 Å². The molecule has 0 aliphatic carbocycles. The molecule has 2 rings (SSSR count). The summed E-state index contributed by atoms with van der Waals surface area (Å²) in [7, 11) is 0. The first kappa shape index (κ1) is 12.4. The number of aromatic nitrogens is 1. The maximum absolute atomic E-state index is 14.0. The molecule has 0 saturated carbocycles. The Morgan fingerprint density at radius 1 is 1.28 bits per heavy atom. The predicted molar refractivity (Wildman–Crippen MR) is 72.1 cm³/mol. The van der Waals surface area contributed by atoms with E-state index >= 15 is 0 Å². The van der Waals surface area contributed by atoms with Gasteiger partial charge in [-0.2, -0.15) is 0 Å². The topological polar surface area (TPSA) is 48.0 Å². The molecule has 0 bridgehead atoms. The van der Waals surface area contributed by atoms with Crippen molar-refractivity contribution < 1.29 is 4.39 Å². The van der Waals surface area contributed by atoms with Crippen LogP contribution in [0.3, 0.4) is 0 Å². The first-order valence-electron chi connectivity index (χ1n) is 5.31. The van der Waals surface area contributed by atoms with E-state index in [-0.39, 0.29) is 16.0 Å². The quantitative estimate of drug-likeness (QED) is 0.856. The summed E-state index contributed by atoms with van der Waals surface area (Å²) in [5, 5.41) is 0. The molecule has 5 heteroatoms. The van der Waals surface area contributed by atoms with Crippen LogP contribution >= 0.6 is 12.2 Å². The largest absolute Gasteiger partial charge is 0.389 e. The number of benzene rings is 1. The van der Waals surface area contributed by atoms with E-state index in [0.717, 1.165) is 0 Å². The van der Waals surface area contributed by atoms with Crippen molar-refractivity contribution in [3.63, 3.8) is 0 Å². The summed E-state index contributed by atoms with van der Waals surface area (Å²) in [6, 6.07) is 7.77. The molecule has 92 valence electrons. The van der Waals surface area contributed by atoms with E-state index in [0.29, 0.717) is 12.1 Å². The van der Waals surface area contributed by atoms with Gasteiger partial charge in [0.1, 0.15) is 10.8 Å². The van der Waals surface area contributed by atoms with Crippen molar-refractivity contribution in [2.45, 2.75) is 6.54 Å². The Labute approximate surface area is 109 Å². The van der Waals surface area contributed by atoms with Crippen LogP contribution in [0.15, 0.2) is 47.5 Å². The first-order valence-corrected chi connectivity index (χ1v) is 5.72. The van der Waals surface area contributed by atoms with Crippen molar-refractivity contribution in [2.75, 3.05) is 0 Å². The molecule has 0 saturated heterocycles. The Morgan fingerprint density at radius 2 is 1.94 bits per heavy atom. The van der Waals surface area contributed by atoms with Crippen LogP contribution < -0.4 is 11.2 Å². The molecule has 0 amide bonds. The van der Waals surface area contributed by atoms with E-state index in [4.69, 9.17) is 18.0 Å². The standard InChI is InChI=1S/C13H11FN2OS/c14-12-9(2-1-3-11(12)13(15)18)8-16-6-4-10(17)5-7-16/h1-7H,8H2,(H2,15,18). The highest BCUT2D eigenvalue weighted by Gasteiger charge is 2.09. The van der Waals surface area contributed by atoms with E-state index in [1.54, 1.807) is 35.2 Å². The molecule has 18 heavy (non-hydrogen) atoms. The third kappa shape index (κ3) is 2.62. The summed E-state index contributed by atoms with van der Waals surface area (Å²) in [6.45, 7) is 0.322. The maximum Gasteiger partial charge on any atom is 0.181 e. The van der Waals surface area contributed by atoms with Gasteiger partial charge in [0.05, 0.1) is 0 Å². The van der Waals surface area contributed by atoms with Crippen LogP contribution in [-0.2, 0) is 6.54 Å². The zero-order valence-corrected chi connectivity index (χ0v) is 10.3.